The van der Waals surface area contributed by atoms with E-state index in [0.29, 0.717) is 22.8 Å². The Morgan fingerprint density at radius 1 is 1.00 bits per heavy atom. The van der Waals surface area contributed by atoms with Crippen molar-refractivity contribution in [3.8, 4) is 5.75 Å². The van der Waals surface area contributed by atoms with Crippen LogP contribution in [0.4, 0.5) is 10.1 Å². The number of rotatable bonds is 11. The van der Waals surface area contributed by atoms with Crippen molar-refractivity contribution in [3.05, 3.63) is 89.2 Å². The lowest BCUT2D eigenvalue weighted by molar-refractivity contribution is -0.140. The first-order chi connectivity index (χ1) is 18.1. The Hall–Kier alpha value is -3.63. The van der Waals surface area contributed by atoms with Crippen molar-refractivity contribution in [1.29, 1.82) is 0 Å². The molecular weight excluding hydrogens is 533 g/mol. The van der Waals surface area contributed by atoms with Crippen molar-refractivity contribution in [2.24, 2.45) is 0 Å². The summed E-state index contributed by atoms with van der Waals surface area (Å²) in [4.78, 5) is 27.7. The molecule has 0 aromatic heterocycles. The molecule has 0 saturated heterocycles. The van der Waals surface area contributed by atoms with Crippen LogP contribution < -0.4 is 14.4 Å². The van der Waals surface area contributed by atoms with Crippen LogP contribution in [-0.4, -0.2) is 51.9 Å². The largest absolute Gasteiger partial charge is 0.497 e. The molecule has 0 aliphatic heterocycles. The highest BCUT2D eigenvalue weighted by Crippen LogP contribution is 2.26. The van der Waals surface area contributed by atoms with Crippen LogP contribution in [0.1, 0.15) is 18.9 Å². The number of methoxy groups -OCH3 is 1. The molecule has 0 aliphatic carbocycles. The molecule has 3 aromatic rings. The van der Waals surface area contributed by atoms with Crippen LogP contribution in [0.3, 0.4) is 0 Å². The third kappa shape index (κ3) is 6.81. The molecule has 8 nitrogen and oxygen atoms in total. The number of nitrogens with zero attached hydrogens (tertiary/aromatic N) is 2. The summed E-state index contributed by atoms with van der Waals surface area (Å²) >= 11 is 6.00. The van der Waals surface area contributed by atoms with Gasteiger partial charge in [-0.1, -0.05) is 30.7 Å². The van der Waals surface area contributed by atoms with E-state index in [-0.39, 0.29) is 23.0 Å². The van der Waals surface area contributed by atoms with Gasteiger partial charge in [0.1, 0.15) is 24.2 Å². The van der Waals surface area contributed by atoms with Crippen LogP contribution >= 0.6 is 11.6 Å². The second kappa shape index (κ2) is 12.7. The molecule has 0 spiro atoms. The highest BCUT2D eigenvalue weighted by molar-refractivity contribution is 7.92. The number of likely N-dealkylation sites (N-methyl/N-ethyl adjacent to an activating group) is 1. The highest BCUT2D eigenvalue weighted by Gasteiger charge is 2.33. The first kappa shape index (κ1) is 28.9. The second-order valence-electron chi connectivity index (χ2n) is 8.35. The smallest absolute Gasteiger partial charge is 0.264 e. The fourth-order valence-electron chi connectivity index (χ4n) is 3.88. The maximum atomic E-state index is 13.8. The number of ether oxygens (including phenoxy) is 1. The second-order valence-corrected chi connectivity index (χ2v) is 10.6. The summed E-state index contributed by atoms with van der Waals surface area (Å²) in [6.07, 6.45) is 0.292. The van der Waals surface area contributed by atoms with E-state index in [1.807, 2.05) is 0 Å². The molecule has 11 heteroatoms. The Kier molecular flexibility index (Phi) is 9.71. The Balaban J connectivity index is 2.04. The normalized spacial score (nSPS) is 11.9. The summed E-state index contributed by atoms with van der Waals surface area (Å²) in [6, 6.07) is 16.4. The van der Waals surface area contributed by atoms with Crippen molar-refractivity contribution in [3.63, 3.8) is 0 Å². The van der Waals surface area contributed by atoms with Gasteiger partial charge in [-0.05, 0) is 72.6 Å². The molecule has 0 radical (unpaired) electrons. The summed E-state index contributed by atoms with van der Waals surface area (Å²) in [6.45, 7) is 1.18. The monoisotopic (exact) mass is 561 g/mol. The van der Waals surface area contributed by atoms with Crippen LogP contribution in [0.25, 0.3) is 0 Å². The van der Waals surface area contributed by atoms with Crippen LogP contribution in [-0.2, 0) is 26.2 Å². The van der Waals surface area contributed by atoms with Crippen molar-refractivity contribution in [2.75, 3.05) is 25.0 Å². The molecular formula is C27H29ClFN3O5S. The summed E-state index contributed by atoms with van der Waals surface area (Å²) in [5.74, 6) is -1.10. The number of hydrogen-bond donors (Lipinski definition) is 1. The van der Waals surface area contributed by atoms with Crippen molar-refractivity contribution < 1.29 is 27.1 Å². The van der Waals surface area contributed by atoms with E-state index in [2.05, 4.69) is 5.32 Å². The SMILES string of the molecule is CC[C@H](C(=O)NC)N(Cc1ccc(Cl)cc1)C(=O)CN(c1ccc(F)cc1)S(=O)(=O)c1ccc(OC)cc1. The number of carbonyl (C=O) groups is 2. The Morgan fingerprint density at radius 2 is 1.61 bits per heavy atom. The first-order valence-corrected chi connectivity index (χ1v) is 13.6. The van der Waals surface area contributed by atoms with Crippen LogP contribution in [0.2, 0.25) is 5.02 Å². The average molecular weight is 562 g/mol. The van der Waals surface area contributed by atoms with Gasteiger partial charge in [-0.3, -0.25) is 13.9 Å². The van der Waals surface area contributed by atoms with Gasteiger partial charge >= 0.3 is 0 Å². The van der Waals surface area contributed by atoms with Crippen LogP contribution in [0.15, 0.2) is 77.7 Å². The molecule has 0 fully saturated rings. The first-order valence-electron chi connectivity index (χ1n) is 11.8. The van der Waals surface area contributed by atoms with Gasteiger partial charge in [-0.2, -0.15) is 0 Å². The molecule has 202 valence electrons. The number of hydrogen-bond acceptors (Lipinski definition) is 5. The van der Waals surface area contributed by atoms with E-state index >= 15 is 0 Å². The van der Waals surface area contributed by atoms with Crippen molar-refractivity contribution in [1.82, 2.24) is 10.2 Å². The summed E-state index contributed by atoms with van der Waals surface area (Å²) in [5, 5.41) is 3.08. The van der Waals surface area contributed by atoms with E-state index in [0.717, 1.165) is 16.4 Å². The molecule has 38 heavy (non-hydrogen) atoms. The average Bonchev–Trinajstić information content (AvgIpc) is 2.92. The Morgan fingerprint density at radius 3 is 2.13 bits per heavy atom. The van der Waals surface area contributed by atoms with Gasteiger partial charge in [0.05, 0.1) is 17.7 Å². The van der Waals surface area contributed by atoms with Gasteiger partial charge < -0.3 is 15.0 Å². The van der Waals surface area contributed by atoms with Crippen molar-refractivity contribution in [2.45, 2.75) is 30.8 Å². The standard InChI is InChI=1S/C27H29ClFN3O5S/c1-4-25(27(34)30-2)31(17-19-5-7-20(28)8-6-19)26(33)18-32(22-11-9-21(29)10-12-22)38(35,36)24-15-13-23(37-3)14-16-24/h5-16,25H,4,17-18H2,1-3H3,(H,30,34)/t25-/m1/s1. The number of sulfonamides is 1. The quantitative estimate of drug-likeness (QED) is 0.378. The predicted octanol–water partition coefficient (Wildman–Crippen LogP) is 4.24. The third-order valence-electron chi connectivity index (χ3n) is 5.94. The van der Waals surface area contributed by atoms with Gasteiger partial charge in [0.25, 0.3) is 10.0 Å². The van der Waals surface area contributed by atoms with Crippen molar-refractivity contribution >= 4 is 39.1 Å². The number of nitrogens with one attached hydrogen (secondary N) is 1. The molecule has 0 saturated carbocycles. The van der Waals surface area contributed by atoms with Crippen LogP contribution in [0, 0.1) is 5.82 Å². The Bertz CT molecular complexity index is 1350. The van der Waals surface area contributed by atoms with E-state index in [4.69, 9.17) is 16.3 Å². The van der Waals surface area contributed by atoms with E-state index in [9.17, 15) is 22.4 Å². The third-order valence-corrected chi connectivity index (χ3v) is 7.98. The number of halogens is 2. The molecule has 0 bridgehead atoms. The summed E-state index contributed by atoms with van der Waals surface area (Å²) < 4.78 is 47.2. The maximum absolute atomic E-state index is 13.8. The molecule has 3 aromatic carbocycles. The lowest BCUT2D eigenvalue weighted by Crippen LogP contribution is -2.51. The zero-order chi connectivity index (χ0) is 27.9. The molecule has 0 heterocycles. The van der Waals surface area contributed by atoms with Gasteiger partial charge in [-0.25, -0.2) is 12.8 Å². The minimum atomic E-state index is -4.27. The van der Waals surface area contributed by atoms with Gasteiger partial charge in [0.2, 0.25) is 11.8 Å². The molecule has 1 atom stereocenters. The van der Waals surface area contributed by atoms with Gasteiger partial charge in [0.15, 0.2) is 0 Å². The van der Waals surface area contributed by atoms with Crippen LogP contribution in [0.5, 0.6) is 5.75 Å². The van der Waals surface area contributed by atoms with Gasteiger partial charge in [-0.15, -0.1) is 0 Å². The summed E-state index contributed by atoms with van der Waals surface area (Å²) in [7, 11) is -1.34. The van der Waals surface area contributed by atoms with E-state index in [1.54, 1.807) is 31.2 Å². The molecule has 0 aliphatic rings. The zero-order valence-corrected chi connectivity index (χ0v) is 22.8. The molecule has 2 amide bonds. The number of anilines is 1. The topological polar surface area (TPSA) is 96.0 Å². The van der Waals surface area contributed by atoms with E-state index < -0.39 is 34.3 Å². The fourth-order valence-corrected chi connectivity index (χ4v) is 5.42. The minimum Gasteiger partial charge on any atom is -0.497 e. The lowest BCUT2D eigenvalue weighted by atomic mass is 10.1. The molecule has 1 N–H and O–H groups in total. The summed E-state index contributed by atoms with van der Waals surface area (Å²) in [5.41, 5.74) is 0.798. The highest BCUT2D eigenvalue weighted by atomic mass is 35.5. The number of benzene rings is 3. The van der Waals surface area contributed by atoms with Gasteiger partial charge in [0, 0.05) is 18.6 Å². The molecule has 3 rings (SSSR count). The van der Waals surface area contributed by atoms with E-state index in [1.165, 1.54) is 55.5 Å². The number of carbonyl (C=O) groups excluding carboxylic acids is 2. The fraction of sp³-hybridized carbons (Fsp3) is 0.259. The number of amides is 2. The zero-order valence-electron chi connectivity index (χ0n) is 21.2. The lowest BCUT2D eigenvalue weighted by Gasteiger charge is -2.33. The Labute approximate surface area is 227 Å². The molecule has 0 unspecified atom stereocenters. The maximum Gasteiger partial charge on any atom is 0.264 e. The minimum absolute atomic E-state index is 0.0434. The predicted molar refractivity (Wildman–Crippen MR) is 144 cm³/mol.